The minimum atomic E-state index is -0.484. The Morgan fingerprint density at radius 1 is 0.913 bits per heavy atom. The fourth-order valence-electron chi connectivity index (χ4n) is 2.50. The SMILES string of the molecule is Cc1ccccc1NC(=O)C1CC1C(=O)Nc1ccccc1F. The molecule has 0 bridgehead atoms. The third-order valence-electron chi connectivity index (χ3n) is 4.00. The molecule has 0 saturated heterocycles. The van der Waals surface area contributed by atoms with Crippen LogP contribution in [-0.2, 0) is 9.59 Å². The van der Waals surface area contributed by atoms with Gasteiger partial charge in [-0.15, -0.1) is 0 Å². The summed E-state index contributed by atoms with van der Waals surface area (Å²) < 4.78 is 13.5. The maximum absolute atomic E-state index is 13.5. The molecule has 0 aliphatic heterocycles. The van der Waals surface area contributed by atoms with Crippen LogP contribution in [0.4, 0.5) is 15.8 Å². The molecular formula is C18H17FN2O2. The van der Waals surface area contributed by atoms with Gasteiger partial charge in [0.05, 0.1) is 17.5 Å². The van der Waals surface area contributed by atoms with Gasteiger partial charge in [-0.25, -0.2) is 4.39 Å². The molecule has 0 aromatic heterocycles. The van der Waals surface area contributed by atoms with Gasteiger partial charge < -0.3 is 10.6 Å². The first-order valence-corrected chi connectivity index (χ1v) is 7.48. The average Bonchev–Trinajstić information content (AvgIpc) is 3.32. The Kier molecular flexibility index (Phi) is 4.10. The predicted octanol–water partition coefficient (Wildman–Crippen LogP) is 3.35. The van der Waals surface area contributed by atoms with Gasteiger partial charge in [0, 0.05) is 5.69 Å². The van der Waals surface area contributed by atoms with Gasteiger partial charge in [-0.05, 0) is 37.1 Å². The number of benzene rings is 2. The fourth-order valence-corrected chi connectivity index (χ4v) is 2.50. The van der Waals surface area contributed by atoms with E-state index < -0.39 is 11.7 Å². The first kappa shape index (κ1) is 15.2. The number of hydrogen-bond acceptors (Lipinski definition) is 2. The molecule has 3 rings (SSSR count). The van der Waals surface area contributed by atoms with Crippen molar-refractivity contribution in [3.63, 3.8) is 0 Å². The molecule has 2 unspecified atom stereocenters. The maximum Gasteiger partial charge on any atom is 0.228 e. The van der Waals surface area contributed by atoms with Crippen LogP contribution in [0.2, 0.25) is 0 Å². The van der Waals surface area contributed by atoms with E-state index in [0.29, 0.717) is 6.42 Å². The van der Waals surface area contributed by atoms with Crippen LogP contribution >= 0.6 is 0 Å². The molecule has 2 amide bonds. The third-order valence-corrected chi connectivity index (χ3v) is 4.00. The normalized spacial score (nSPS) is 19.0. The maximum atomic E-state index is 13.5. The number of nitrogens with one attached hydrogen (secondary N) is 2. The average molecular weight is 312 g/mol. The topological polar surface area (TPSA) is 58.2 Å². The highest BCUT2D eigenvalue weighted by atomic mass is 19.1. The van der Waals surface area contributed by atoms with Gasteiger partial charge in [-0.3, -0.25) is 9.59 Å². The molecule has 118 valence electrons. The van der Waals surface area contributed by atoms with Gasteiger partial charge in [-0.1, -0.05) is 30.3 Å². The van der Waals surface area contributed by atoms with Gasteiger partial charge in [0.2, 0.25) is 11.8 Å². The molecule has 2 N–H and O–H groups in total. The minimum absolute atomic E-state index is 0.141. The zero-order valence-corrected chi connectivity index (χ0v) is 12.7. The molecule has 23 heavy (non-hydrogen) atoms. The second kappa shape index (κ2) is 6.20. The molecular weight excluding hydrogens is 295 g/mol. The number of amides is 2. The highest BCUT2D eigenvalue weighted by molar-refractivity contribution is 6.03. The monoisotopic (exact) mass is 312 g/mol. The van der Waals surface area contributed by atoms with Crippen molar-refractivity contribution in [1.29, 1.82) is 0 Å². The van der Waals surface area contributed by atoms with Gasteiger partial charge in [0.1, 0.15) is 5.82 Å². The standard InChI is InChI=1S/C18H17FN2O2/c1-11-6-2-4-8-15(11)20-17(22)12-10-13(12)18(23)21-16-9-5-3-7-14(16)19/h2-9,12-13H,10H2,1H3,(H,20,22)(H,21,23). The third kappa shape index (κ3) is 3.39. The largest absolute Gasteiger partial charge is 0.326 e. The van der Waals surface area contributed by atoms with Crippen LogP contribution in [0.1, 0.15) is 12.0 Å². The van der Waals surface area contributed by atoms with Gasteiger partial charge in [0.25, 0.3) is 0 Å². The van der Waals surface area contributed by atoms with E-state index in [1.165, 1.54) is 12.1 Å². The van der Waals surface area contributed by atoms with E-state index in [-0.39, 0.29) is 23.4 Å². The number of aryl methyl sites for hydroxylation is 1. The summed E-state index contributed by atoms with van der Waals surface area (Å²) in [7, 11) is 0. The number of carbonyl (C=O) groups is 2. The van der Waals surface area contributed by atoms with Crippen LogP contribution < -0.4 is 10.6 Å². The summed E-state index contributed by atoms with van der Waals surface area (Å²) in [6, 6.07) is 13.5. The van der Waals surface area contributed by atoms with Crippen molar-refractivity contribution in [1.82, 2.24) is 0 Å². The molecule has 5 heteroatoms. The zero-order valence-electron chi connectivity index (χ0n) is 12.7. The first-order chi connectivity index (χ1) is 11.1. The Labute approximate surface area is 133 Å². The first-order valence-electron chi connectivity index (χ1n) is 7.48. The Balaban J connectivity index is 1.58. The predicted molar refractivity (Wildman–Crippen MR) is 86.4 cm³/mol. The molecule has 2 aromatic carbocycles. The zero-order chi connectivity index (χ0) is 16.4. The van der Waals surface area contributed by atoms with E-state index in [2.05, 4.69) is 10.6 Å². The molecule has 4 nitrogen and oxygen atoms in total. The number of hydrogen-bond donors (Lipinski definition) is 2. The van der Waals surface area contributed by atoms with Crippen LogP contribution in [-0.4, -0.2) is 11.8 Å². The highest BCUT2D eigenvalue weighted by Gasteiger charge is 2.48. The van der Waals surface area contributed by atoms with Crippen molar-refractivity contribution in [2.24, 2.45) is 11.8 Å². The number of para-hydroxylation sites is 2. The summed E-state index contributed by atoms with van der Waals surface area (Å²) in [6.45, 7) is 1.91. The lowest BCUT2D eigenvalue weighted by Gasteiger charge is -2.08. The van der Waals surface area contributed by atoms with Crippen molar-refractivity contribution in [2.75, 3.05) is 10.6 Å². The molecule has 0 spiro atoms. The summed E-state index contributed by atoms with van der Waals surface area (Å²) in [5, 5.41) is 5.38. The summed E-state index contributed by atoms with van der Waals surface area (Å²) in [5.41, 5.74) is 1.86. The van der Waals surface area contributed by atoms with Crippen molar-refractivity contribution in [2.45, 2.75) is 13.3 Å². The van der Waals surface area contributed by atoms with Crippen LogP contribution in [0.25, 0.3) is 0 Å². The molecule has 0 heterocycles. The number of halogens is 1. The number of anilines is 2. The molecule has 1 saturated carbocycles. The van der Waals surface area contributed by atoms with E-state index in [1.807, 2.05) is 31.2 Å². The van der Waals surface area contributed by atoms with E-state index in [9.17, 15) is 14.0 Å². The second-order valence-electron chi connectivity index (χ2n) is 5.72. The van der Waals surface area contributed by atoms with E-state index in [4.69, 9.17) is 0 Å². The van der Waals surface area contributed by atoms with Gasteiger partial charge in [-0.2, -0.15) is 0 Å². The Hall–Kier alpha value is -2.69. The lowest BCUT2D eigenvalue weighted by molar-refractivity contribution is -0.122. The quantitative estimate of drug-likeness (QED) is 0.909. The molecule has 0 radical (unpaired) electrons. The summed E-state index contributed by atoms with van der Waals surface area (Å²) in [4.78, 5) is 24.3. The highest BCUT2D eigenvalue weighted by Crippen LogP contribution is 2.40. The lowest BCUT2D eigenvalue weighted by atomic mass is 10.2. The van der Waals surface area contributed by atoms with Crippen molar-refractivity contribution in [3.05, 3.63) is 59.9 Å². The Morgan fingerprint density at radius 2 is 1.43 bits per heavy atom. The smallest absolute Gasteiger partial charge is 0.228 e. The Morgan fingerprint density at radius 3 is 2.04 bits per heavy atom. The van der Waals surface area contributed by atoms with Crippen LogP contribution in [0.5, 0.6) is 0 Å². The van der Waals surface area contributed by atoms with Crippen molar-refractivity contribution < 1.29 is 14.0 Å². The number of rotatable bonds is 4. The van der Waals surface area contributed by atoms with Gasteiger partial charge in [0.15, 0.2) is 0 Å². The van der Waals surface area contributed by atoms with Gasteiger partial charge >= 0.3 is 0 Å². The molecule has 2 aromatic rings. The fraction of sp³-hybridized carbons (Fsp3) is 0.222. The van der Waals surface area contributed by atoms with E-state index in [1.54, 1.807) is 12.1 Å². The van der Waals surface area contributed by atoms with Crippen LogP contribution in [0.3, 0.4) is 0 Å². The summed E-state index contributed by atoms with van der Waals surface area (Å²) >= 11 is 0. The second-order valence-corrected chi connectivity index (χ2v) is 5.72. The molecule has 1 aliphatic carbocycles. The summed E-state index contributed by atoms with van der Waals surface area (Å²) in [5.74, 6) is -1.74. The molecule has 1 fully saturated rings. The van der Waals surface area contributed by atoms with Crippen LogP contribution in [0, 0.1) is 24.6 Å². The number of carbonyl (C=O) groups excluding carboxylic acids is 2. The molecule has 2 atom stereocenters. The van der Waals surface area contributed by atoms with E-state index in [0.717, 1.165) is 11.3 Å². The summed E-state index contributed by atoms with van der Waals surface area (Å²) in [6.07, 6.45) is 0.484. The Bertz CT molecular complexity index is 697. The minimum Gasteiger partial charge on any atom is -0.326 e. The van der Waals surface area contributed by atoms with Crippen LogP contribution in [0.15, 0.2) is 48.5 Å². The lowest BCUT2D eigenvalue weighted by Crippen LogP contribution is -2.21. The van der Waals surface area contributed by atoms with Crippen molar-refractivity contribution >= 4 is 23.2 Å². The van der Waals surface area contributed by atoms with Crippen molar-refractivity contribution in [3.8, 4) is 0 Å². The van der Waals surface area contributed by atoms with E-state index >= 15 is 0 Å². The molecule has 1 aliphatic rings.